The molecular weight excluding hydrogens is 266 g/mol. The Balaban J connectivity index is 1.89. The smallest absolute Gasteiger partial charge is 0.127 e. The molecule has 3 rings (SSSR count). The lowest BCUT2D eigenvalue weighted by Gasteiger charge is -2.16. The number of fused-ring (bicyclic) bond motifs is 1. The largest absolute Gasteiger partial charge is 0.374 e. The van der Waals surface area contributed by atoms with E-state index in [2.05, 4.69) is 18.8 Å². The average molecular weight is 291 g/mol. The Morgan fingerprint density at radius 1 is 1.40 bits per heavy atom. The van der Waals surface area contributed by atoms with Crippen molar-refractivity contribution in [1.82, 2.24) is 0 Å². The van der Waals surface area contributed by atoms with E-state index in [4.69, 9.17) is 0 Å². The van der Waals surface area contributed by atoms with Crippen LogP contribution in [0.25, 0.3) is 5.57 Å². The molecule has 2 nitrogen and oxygen atoms in total. The highest BCUT2D eigenvalue weighted by atomic mass is 32.1. The molecule has 0 radical (unpaired) electrons. The van der Waals surface area contributed by atoms with Crippen molar-refractivity contribution in [2.24, 2.45) is 5.92 Å². The van der Waals surface area contributed by atoms with Crippen molar-refractivity contribution < 1.29 is 5.11 Å². The molecule has 110 valence electrons. The first kappa shape index (κ1) is 14.2. The number of aliphatic hydroxyl groups is 1. The van der Waals surface area contributed by atoms with E-state index < -0.39 is 0 Å². The van der Waals surface area contributed by atoms with Gasteiger partial charge in [0, 0.05) is 16.4 Å². The Morgan fingerprint density at radius 3 is 2.85 bits per heavy atom. The van der Waals surface area contributed by atoms with Crippen LogP contribution in [0.2, 0.25) is 0 Å². The molecule has 0 spiro atoms. The van der Waals surface area contributed by atoms with E-state index in [1.807, 2.05) is 11.3 Å². The third kappa shape index (κ3) is 2.79. The normalized spacial score (nSPS) is 19.5. The van der Waals surface area contributed by atoms with Crippen LogP contribution in [0.3, 0.4) is 0 Å². The standard InChI is InChI=1S/C17H25NOS/c1-3-6-11(2)15-13-7-4-5-8-14(13)20-17(15)18-16(19)12-9-10-12/h12,16,18-19H,2-10H2,1H3. The topological polar surface area (TPSA) is 32.3 Å². The van der Waals surface area contributed by atoms with Crippen LogP contribution in [0.1, 0.15) is 61.5 Å². The summed E-state index contributed by atoms with van der Waals surface area (Å²) in [5.41, 5.74) is 4.11. The van der Waals surface area contributed by atoms with Gasteiger partial charge in [-0.3, -0.25) is 0 Å². The number of anilines is 1. The fourth-order valence-corrected chi connectivity index (χ4v) is 4.50. The minimum absolute atomic E-state index is 0.372. The first-order valence-electron chi connectivity index (χ1n) is 7.98. The lowest BCUT2D eigenvalue weighted by Crippen LogP contribution is -2.20. The van der Waals surface area contributed by atoms with Crippen LogP contribution in [0, 0.1) is 5.92 Å². The van der Waals surface area contributed by atoms with Gasteiger partial charge in [0.05, 0.1) is 5.00 Å². The van der Waals surface area contributed by atoms with Crippen LogP contribution in [0.4, 0.5) is 5.00 Å². The van der Waals surface area contributed by atoms with E-state index >= 15 is 0 Å². The van der Waals surface area contributed by atoms with Gasteiger partial charge in [0.25, 0.3) is 0 Å². The summed E-state index contributed by atoms with van der Waals surface area (Å²) >= 11 is 1.86. The van der Waals surface area contributed by atoms with Crippen molar-refractivity contribution in [3.63, 3.8) is 0 Å². The van der Waals surface area contributed by atoms with Crippen LogP contribution >= 0.6 is 11.3 Å². The molecule has 0 aliphatic heterocycles. The molecule has 1 aromatic heterocycles. The van der Waals surface area contributed by atoms with Crippen molar-refractivity contribution in [2.75, 3.05) is 5.32 Å². The molecule has 2 N–H and O–H groups in total. The van der Waals surface area contributed by atoms with Gasteiger partial charge in [-0.1, -0.05) is 19.9 Å². The number of hydrogen-bond acceptors (Lipinski definition) is 3. The SMILES string of the molecule is C=C(CCC)c1c(NC(O)C2CC2)sc2c1CCCC2. The van der Waals surface area contributed by atoms with Gasteiger partial charge >= 0.3 is 0 Å². The quantitative estimate of drug-likeness (QED) is 0.752. The summed E-state index contributed by atoms with van der Waals surface area (Å²) in [6.07, 6.45) is 9.11. The molecule has 1 fully saturated rings. The second-order valence-electron chi connectivity index (χ2n) is 6.20. The Bertz CT molecular complexity index is 501. The molecule has 1 aromatic rings. The van der Waals surface area contributed by atoms with Crippen molar-refractivity contribution in [3.05, 3.63) is 22.6 Å². The average Bonchev–Trinajstić information content (AvgIpc) is 3.21. The van der Waals surface area contributed by atoms with E-state index in [1.54, 1.807) is 0 Å². The zero-order valence-electron chi connectivity index (χ0n) is 12.4. The lowest BCUT2D eigenvalue weighted by molar-refractivity contribution is 0.180. The van der Waals surface area contributed by atoms with Crippen LogP contribution in [0.15, 0.2) is 6.58 Å². The minimum atomic E-state index is -0.372. The Labute approximate surface area is 125 Å². The number of rotatable bonds is 6. The molecule has 2 aliphatic carbocycles. The highest BCUT2D eigenvalue weighted by Gasteiger charge is 2.31. The summed E-state index contributed by atoms with van der Waals surface area (Å²) in [5, 5.41) is 14.8. The molecule has 3 heteroatoms. The van der Waals surface area contributed by atoms with Crippen LogP contribution in [0.5, 0.6) is 0 Å². The van der Waals surface area contributed by atoms with E-state index in [1.165, 1.54) is 52.3 Å². The van der Waals surface area contributed by atoms with Crippen LogP contribution in [-0.4, -0.2) is 11.3 Å². The number of aliphatic hydroxyl groups excluding tert-OH is 1. The first-order valence-corrected chi connectivity index (χ1v) is 8.79. The molecule has 0 aromatic carbocycles. The third-order valence-electron chi connectivity index (χ3n) is 4.42. The second kappa shape index (κ2) is 5.90. The number of allylic oxidation sites excluding steroid dienone is 1. The number of thiophene rings is 1. The molecule has 2 aliphatic rings. The Morgan fingerprint density at radius 2 is 2.15 bits per heavy atom. The molecule has 1 atom stereocenters. The fraction of sp³-hybridized carbons (Fsp3) is 0.647. The van der Waals surface area contributed by atoms with Crippen molar-refractivity contribution in [1.29, 1.82) is 0 Å². The van der Waals surface area contributed by atoms with Gasteiger partial charge in [0.15, 0.2) is 0 Å². The maximum Gasteiger partial charge on any atom is 0.127 e. The van der Waals surface area contributed by atoms with Gasteiger partial charge in [-0.05, 0) is 56.1 Å². The Kier molecular flexibility index (Phi) is 4.18. The third-order valence-corrected chi connectivity index (χ3v) is 5.65. The second-order valence-corrected chi connectivity index (χ2v) is 7.30. The van der Waals surface area contributed by atoms with Gasteiger partial charge in [-0.2, -0.15) is 0 Å². The fourth-order valence-electron chi connectivity index (χ4n) is 3.13. The zero-order chi connectivity index (χ0) is 14.1. The summed E-state index contributed by atoms with van der Waals surface area (Å²) in [7, 11) is 0. The monoisotopic (exact) mass is 291 g/mol. The highest BCUT2D eigenvalue weighted by molar-refractivity contribution is 7.16. The maximum absolute atomic E-state index is 10.2. The molecule has 0 bridgehead atoms. The van der Waals surface area contributed by atoms with Crippen molar-refractivity contribution in [3.8, 4) is 0 Å². The number of aryl methyl sites for hydroxylation is 1. The first-order chi connectivity index (χ1) is 9.70. The number of hydrogen-bond donors (Lipinski definition) is 2. The summed E-state index contributed by atoms with van der Waals surface area (Å²) < 4.78 is 0. The van der Waals surface area contributed by atoms with Gasteiger partial charge in [-0.15, -0.1) is 11.3 Å². The molecule has 0 amide bonds. The minimum Gasteiger partial charge on any atom is -0.374 e. The predicted octanol–water partition coefficient (Wildman–Crippen LogP) is 4.58. The van der Waals surface area contributed by atoms with Crippen LogP contribution in [-0.2, 0) is 12.8 Å². The van der Waals surface area contributed by atoms with Crippen molar-refractivity contribution in [2.45, 2.75) is 64.5 Å². The summed E-state index contributed by atoms with van der Waals surface area (Å²) in [6.45, 7) is 6.51. The van der Waals surface area contributed by atoms with E-state index in [0.29, 0.717) is 5.92 Å². The van der Waals surface area contributed by atoms with Crippen molar-refractivity contribution >= 4 is 21.9 Å². The summed E-state index contributed by atoms with van der Waals surface area (Å²) in [4.78, 5) is 1.52. The highest BCUT2D eigenvalue weighted by Crippen LogP contribution is 2.44. The summed E-state index contributed by atoms with van der Waals surface area (Å²) in [6, 6.07) is 0. The van der Waals surface area contributed by atoms with Gasteiger partial charge in [-0.25, -0.2) is 0 Å². The zero-order valence-corrected chi connectivity index (χ0v) is 13.2. The van der Waals surface area contributed by atoms with Crippen LogP contribution < -0.4 is 5.32 Å². The van der Waals surface area contributed by atoms with E-state index in [9.17, 15) is 5.11 Å². The van der Waals surface area contributed by atoms with Gasteiger partial charge in [0.1, 0.15) is 6.23 Å². The molecular formula is C17H25NOS. The molecule has 20 heavy (non-hydrogen) atoms. The van der Waals surface area contributed by atoms with E-state index in [-0.39, 0.29) is 6.23 Å². The van der Waals surface area contributed by atoms with E-state index in [0.717, 1.165) is 25.7 Å². The molecule has 0 saturated heterocycles. The molecule has 1 unspecified atom stereocenters. The molecule has 1 saturated carbocycles. The lowest BCUT2D eigenvalue weighted by atomic mass is 9.91. The summed E-state index contributed by atoms with van der Waals surface area (Å²) in [5.74, 6) is 0.460. The van der Waals surface area contributed by atoms with Gasteiger partial charge in [0.2, 0.25) is 0 Å². The number of nitrogens with one attached hydrogen (secondary N) is 1. The predicted molar refractivity (Wildman–Crippen MR) is 87.3 cm³/mol. The Hall–Kier alpha value is -0.800. The molecule has 1 heterocycles. The van der Waals surface area contributed by atoms with Gasteiger partial charge < -0.3 is 10.4 Å². The maximum atomic E-state index is 10.2.